The zero-order valence-corrected chi connectivity index (χ0v) is 17.4. The average molecular weight is 443 g/mol. The van der Waals surface area contributed by atoms with Crippen LogP contribution >= 0.6 is 0 Å². The minimum atomic E-state index is -0.862. The van der Waals surface area contributed by atoms with Gasteiger partial charge in [-0.05, 0) is 24.6 Å². The lowest BCUT2D eigenvalue weighted by atomic mass is 9.83. The van der Waals surface area contributed by atoms with Crippen LogP contribution in [-0.2, 0) is 32.3 Å². The Morgan fingerprint density at radius 1 is 1.38 bits per heavy atom. The number of benzene rings is 1. The number of non-ortho nitro benzene ring substituents is 1. The number of rotatable bonds is 8. The summed E-state index contributed by atoms with van der Waals surface area (Å²) in [5.74, 6) is -1.39. The molecule has 2 aromatic rings. The topological polar surface area (TPSA) is 145 Å². The highest BCUT2D eigenvalue weighted by atomic mass is 16.6. The molecule has 3 heterocycles. The van der Waals surface area contributed by atoms with Gasteiger partial charge in [0.2, 0.25) is 5.91 Å². The van der Waals surface area contributed by atoms with Gasteiger partial charge < -0.3 is 24.0 Å². The molecule has 1 amide bonds. The molecular formula is C21H21N3O8. The lowest BCUT2D eigenvalue weighted by Crippen LogP contribution is -2.61. The van der Waals surface area contributed by atoms with Crippen molar-refractivity contribution >= 4 is 23.1 Å². The largest absolute Gasteiger partial charge is 0.456 e. The molecule has 4 rings (SSSR count). The number of carbonyl (C=O) groups is 2. The second-order valence-corrected chi connectivity index (χ2v) is 7.69. The van der Waals surface area contributed by atoms with E-state index in [0.717, 1.165) is 0 Å². The molecule has 0 aliphatic carbocycles. The zero-order chi connectivity index (χ0) is 23.0. The van der Waals surface area contributed by atoms with Gasteiger partial charge in [-0.1, -0.05) is 5.16 Å². The second-order valence-electron chi connectivity index (χ2n) is 7.69. The summed E-state index contributed by atoms with van der Waals surface area (Å²) >= 11 is 0. The van der Waals surface area contributed by atoms with E-state index < -0.39 is 22.9 Å². The first kappa shape index (κ1) is 21.7. The molecule has 11 heteroatoms. The van der Waals surface area contributed by atoms with E-state index in [-0.39, 0.29) is 36.5 Å². The van der Waals surface area contributed by atoms with E-state index in [1.54, 1.807) is 6.07 Å². The molecule has 0 bridgehead atoms. The minimum Gasteiger partial charge on any atom is -0.456 e. The Morgan fingerprint density at radius 2 is 2.09 bits per heavy atom. The predicted octanol–water partition coefficient (Wildman–Crippen LogP) is 1.80. The van der Waals surface area contributed by atoms with Gasteiger partial charge in [0.25, 0.3) is 5.69 Å². The Bertz CT molecular complexity index is 1090. The van der Waals surface area contributed by atoms with Crippen LogP contribution in [0.5, 0.6) is 0 Å². The van der Waals surface area contributed by atoms with E-state index in [2.05, 4.69) is 5.16 Å². The van der Waals surface area contributed by atoms with E-state index in [1.165, 1.54) is 43.2 Å². The minimum absolute atomic E-state index is 0.0546. The molecule has 11 nitrogen and oxygen atoms in total. The van der Waals surface area contributed by atoms with Gasteiger partial charge in [0.1, 0.15) is 18.0 Å². The number of nitrogens with zero attached hydrogens (tertiary/aromatic N) is 3. The Kier molecular flexibility index (Phi) is 5.76. The summed E-state index contributed by atoms with van der Waals surface area (Å²) < 4.78 is 15.8. The fraction of sp³-hybridized carbons (Fsp3) is 0.381. The van der Waals surface area contributed by atoms with Gasteiger partial charge in [-0.15, -0.1) is 0 Å². The maximum atomic E-state index is 13.0. The van der Waals surface area contributed by atoms with Gasteiger partial charge in [-0.25, -0.2) is 4.79 Å². The third-order valence-electron chi connectivity index (χ3n) is 5.59. The number of hydrogen-bond acceptors (Lipinski definition) is 9. The molecule has 168 valence electrons. The SMILES string of the molecule is COCc1cc(C2=C(C(=O)OCc3ccc([N+](=O)[O-])cc3)N3C(=O)[C@H]([C@@H](C)O)[C@H]3C2)on1. The molecule has 1 fully saturated rings. The van der Waals surface area contributed by atoms with Gasteiger partial charge in [-0.2, -0.15) is 0 Å². The van der Waals surface area contributed by atoms with Crippen LogP contribution in [0, 0.1) is 16.0 Å². The molecule has 0 spiro atoms. The number of methoxy groups -OCH3 is 1. The van der Waals surface area contributed by atoms with E-state index in [4.69, 9.17) is 14.0 Å². The van der Waals surface area contributed by atoms with Crippen molar-refractivity contribution in [2.24, 2.45) is 5.92 Å². The number of β-lactam (4-membered cyclic amide) rings is 1. The molecule has 32 heavy (non-hydrogen) atoms. The van der Waals surface area contributed by atoms with Gasteiger partial charge in [0.15, 0.2) is 5.76 Å². The first-order valence-corrected chi connectivity index (χ1v) is 9.91. The van der Waals surface area contributed by atoms with Crippen LogP contribution in [0.25, 0.3) is 5.57 Å². The smallest absolute Gasteiger partial charge is 0.355 e. The number of hydrogen-bond donors (Lipinski definition) is 1. The molecule has 1 N–H and O–H groups in total. The van der Waals surface area contributed by atoms with Crippen LogP contribution in [0.1, 0.15) is 30.4 Å². The van der Waals surface area contributed by atoms with Crippen LogP contribution in [0.2, 0.25) is 0 Å². The van der Waals surface area contributed by atoms with Crippen molar-refractivity contribution in [3.8, 4) is 0 Å². The average Bonchev–Trinajstić information content (AvgIpc) is 3.34. The molecule has 2 aliphatic rings. The number of aliphatic hydroxyl groups excluding tert-OH is 1. The fourth-order valence-corrected chi connectivity index (χ4v) is 4.08. The first-order valence-electron chi connectivity index (χ1n) is 9.91. The Morgan fingerprint density at radius 3 is 2.72 bits per heavy atom. The fourth-order valence-electron chi connectivity index (χ4n) is 4.08. The van der Waals surface area contributed by atoms with Crippen LogP contribution in [0.15, 0.2) is 40.6 Å². The van der Waals surface area contributed by atoms with Gasteiger partial charge in [-0.3, -0.25) is 14.9 Å². The first-order chi connectivity index (χ1) is 15.3. The summed E-state index contributed by atoms with van der Waals surface area (Å²) in [6.07, 6.45) is -0.551. The predicted molar refractivity (Wildman–Crippen MR) is 107 cm³/mol. The summed E-state index contributed by atoms with van der Waals surface area (Å²) in [6.45, 7) is 1.63. The summed E-state index contributed by atoms with van der Waals surface area (Å²) in [7, 11) is 1.52. The quantitative estimate of drug-likeness (QED) is 0.279. The van der Waals surface area contributed by atoms with Crippen molar-refractivity contribution in [1.82, 2.24) is 10.1 Å². The van der Waals surface area contributed by atoms with Crippen molar-refractivity contribution in [3.63, 3.8) is 0 Å². The number of ether oxygens (including phenoxy) is 2. The lowest BCUT2D eigenvalue weighted by Gasteiger charge is -2.44. The van der Waals surface area contributed by atoms with Crippen LogP contribution < -0.4 is 0 Å². The molecule has 1 aromatic carbocycles. The molecule has 3 atom stereocenters. The Hall–Kier alpha value is -3.57. The summed E-state index contributed by atoms with van der Waals surface area (Å²) in [6, 6.07) is 6.87. The summed E-state index contributed by atoms with van der Waals surface area (Å²) in [4.78, 5) is 37.2. The highest BCUT2D eigenvalue weighted by Gasteiger charge is 2.57. The number of nitro benzene ring substituents is 1. The van der Waals surface area contributed by atoms with E-state index in [1.807, 2.05) is 0 Å². The number of amides is 1. The lowest BCUT2D eigenvalue weighted by molar-refractivity contribution is -0.384. The number of aliphatic hydroxyl groups is 1. The van der Waals surface area contributed by atoms with Crippen LogP contribution in [0.3, 0.4) is 0 Å². The maximum Gasteiger partial charge on any atom is 0.355 e. The van der Waals surface area contributed by atoms with E-state index in [9.17, 15) is 24.8 Å². The zero-order valence-electron chi connectivity index (χ0n) is 17.4. The standard InChI is InChI=1S/C21H21N3O8/c1-11(25)18-16-8-15(17-7-13(10-30-2)22-32-17)19(23(16)20(18)26)21(27)31-9-12-3-5-14(6-4-12)24(28)29/h3-7,11,16,18,25H,8-10H2,1-2H3/t11-,16-,18-/m1/s1. The monoisotopic (exact) mass is 443 g/mol. The maximum absolute atomic E-state index is 13.0. The van der Waals surface area contributed by atoms with E-state index >= 15 is 0 Å². The number of esters is 1. The number of fused-ring (bicyclic) bond motifs is 1. The molecule has 1 aromatic heterocycles. The van der Waals surface area contributed by atoms with Crippen molar-refractivity contribution in [1.29, 1.82) is 0 Å². The van der Waals surface area contributed by atoms with Crippen molar-refractivity contribution in [2.75, 3.05) is 7.11 Å². The van der Waals surface area contributed by atoms with Gasteiger partial charge in [0, 0.05) is 37.3 Å². The number of carbonyl (C=O) groups excluding carboxylic acids is 2. The molecule has 0 saturated carbocycles. The number of aromatic nitrogens is 1. The third kappa shape index (κ3) is 3.76. The summed E-state index contributed by atoms with van der Waals surface area (Å²) in [5.41, 5.74) is 1.53. The third-order valence-corrected chi connectivity index (χ3v) is 5.59. The Labute approximate surface area is 182 Å². The van der Waals surface area contributed by atoms with Gasteiger partial charge in [0.05, 0.1) is 29.6 Å². The number of nitro groups is 1. The van der Waals surface area contributed by atoms with Crippen LogP contribution in [0.4, 0.5) is 5.69 Å². The summed E-state index contributed by atoms with van der Waals surface area (Å²) in [5, 5.41) is 24.7. The highest BCUT2D eigenvalue weighted by Crippen LogP contribution is 2.47. The highest BCUT2D eigenvalue weighted by molar-refractivity contribution is 6.06. The molecule has 2 aliphatic heterocycles. The second kappa shape index (κ2) is 8.52. The molecule has 0 unspecified atom stereocenters. The van der Waals surface area contributed by atoms with Crippen molar-refractivity contribution < 1.29 is 33.6 Å². The van der Waals surface area contributed by atoms with Crippen molar-refractivity contribution in [2.45, 2.75) is 38.7 Å². The van der Waals surface area contributed by atoms with E-state index in [0.29, 0.717) is 29.0 Å². The normalized spacial score (nSPS) is 20.7. The van der Waals surface area contributed by atoms with Crippen molar-refractivity contribution in [3.05, 3.63) is 63.2 Å². The van der Waals surface area contributed by atoms with Crippen LogP contribution in [-0.4, -0.2) is 51.2 Å². The molecule has 1 saturated heterocycles. The molecular weight excluding hydrogens is 422 g/mol. The Balaban J connectivity index is 1.58. The van der Waals surface area contributed by atoms with Gasteiger partial charge >= 0.3 is 5.97 Å². The molecule has 0 radical (unpaired) electrons.